The molecule has 1 heterocycles. The monoisotopic (exact) mass is 347 g/mol. The molecule has 0 fully saturated rings. The van der Waals surface area contributed by atoms with Gasteiger partial charge < -0.3 is 10.1 Å². The van der Waals surface area contributed by atoms with Gasteiger partial charge in [-0.15, -0.1) is 0 Å². The van der Waals surface area contributed by atoms with Gasteiger partial charge in [-0.1, -0.05) is 41.7 Å². The minimum absolute atomic E-state index is 0.323. The van der Waals surface area contributed by atoms with Crippen LogP contribution >= 0.6 is 11.3 Å². The highest BCUT2D eigenvalue weighted by Gasteiger charge is 2.23. The number of hydrogen-bond acceptors (Lipinski definition) is 5. The van der Waals surface area contributed by atoms with E-state index in [0.29, 0.717) is 11.7 Å². The maximum Gasteiger partial charge on any atom is 0.321 e. The van der Waals surface area contributed by atoms with Crippen LogP contribution in [0.2, 0.25) is 0 Å². The molecule has 0 aliphatic rings. The lowest BCUT2D eigenvalue weighted by molar-refractivity contribution is -0.148. The Morgan fingerprint density at radius 1 is 1.25 bits per heavy atom. The molecule has 0 spiro atoms. The van der Waals surface area contributed by atoms with Crippen LogP contribution in [0.3, 0.4) is 0 Å². The van der Waals surface area contributed by atoms with E-state index < -0.39 is 11.9 Å². The van der Waals surface area contributed by atoms with Gasteiger partial charge >= 0.3 is 12.0 Å². The first-order valence-electron chi connectivity index (χ1n) is 7.76. The molecule has 0 aliphatic heterocycles. The molecule has 7 heteroatoms. The van der Waals surface area contributed by atoms with Crippen molar-refractivity contribution in [3.63, 3.8) is 0 Å². The number of urea groups is 1. The summed E-state index contributed by atoms with van der Waals surface area (Å²) in [5.74, 6) is -0.752. The van der Waals surface area contributed by atoms with E-state index in [1.165, 1.54) is 11.3 Å². The topological polar surface area (TPSA) is 80.3 Å². The number of thiazole rings is 1. The first-order valence-corrected chi connectivity index (χ1v) is 8.58. The summed E-state index contributed by atoms with van der Waals surface area (Å²) in [5.41, 5.74) is 1.05. The Kier molecular flexibility index (Phi) is 6.31. The molecule has 0 aliphatic carbocycles. The Bertz CT molecular complexity index is 687. The zero-order valence-corrected chi connectivity index (χ0v) is 14.7. The van der Waals surface area contributed by atoms with Crippen LogP contribution in [0, 0.1) is 5.92 Å². The quantitative estimate of drug-likeness (QED) is 0.784. The normalized spacial score (nSPS) is 13.0. The van der Waals surface area contributed by atoms with E-state index in [-0.39, 0.29) is 12.0 Å². The number of aromatic nitrogens is 1. The number of nitrogens with one attached hydrogen (secondary N) is 2. The van der Waals surface area contributed by atoms with Crippen LogP contribution in [0.15, 0.2) is 36.5 Å². The lowest BCUT2D eigenvalue weighted by Crippen LogP contribution is -2.42. The summed E-state index contributed by atoms with van der Waals surface area (Å²) in [5, 5.41) is 5.93. The molecule has 0 bridgehead atoms. The van der Waals surface area contributed by atoms with Gasteiger partial charge in [0.1, 0.15) is 0 Å². The summed E-state index contributed by atoms with van der Waals surface area (Å²) < 4.78 is 4.96. The Morgan fingerprint density at radius 3 is 2.62 bits per heavy atom. The van der Waals surface area contributed by atoms with Crippen molar-refractivity contribution in [2.75, 3.05) is 11.9 Å². The SMILES string of the molecule is CCOC(=O)C(C)C(C)NC(=O)Nc1ncc(-c2ccccc2)s1. The van der Waals surface area contributed by atoms with E-state index in [4.69, 9.17) is 4.74 Å². The molecule has 24 heavy (non-hydrogen) atoms. The Balaban J connectivity index is 1.91. The van der Waals surface area contributed by atoms with Crippen molar-refractivity contribution in [1.82, 2.24) is 10.3 Å². The average molecular weight is 347 g/mol. The van der Waals surface area contributed by atoms with E-state index in [1.54, 1.807) is 27.0 Å². The van der Waals surface area contributed by atoms with Crippen LogP contribution in [0.5, 0.6) is 0 Å². The summed E-state index contributed by atoms with van der Waals surface area (Å²) >= 11 is 1.39. The maximum atomic E-state index is 12.0. The fourth-order valence-electron chi connectivity index (χ4n) is 2.01. The first-order chi connectivity index (χ1) is 11.5. The second-order valence-corrected chi connectivity index (χ2v) is 6.35. The third kappa shape index (κ3) is 4.79. The van der Waals surface area contributed by atoms with Crippen molar-refractivity contribution < 1.29 is 14.3 Å². The molecule has 2 aromatic rings. The molecule has 2 amide bonds. The summed E-state index contributed by atoms with van der Waals surface area (Å²) in [6.07, 6.45) is 1.72. The predicted molar refractivity (Wildman–Crippen MR) is 95.0 cm³/mol. The molecule has 1 aromatic carbocycles. The van der Waals surface area contributed by atoms with E-state index in [1.807, 2.05) is 30.3 Å². The third-order valence-electron chi connectivity index (χ3n) is 3.55. The van der Waals surface area contributed by atoms with Gasteiger partial charge in [0.25, 0.3) is 0 Å². The predicted octanol–water partition coefficient (Wildman–Crippen LogP) is 3.52. The summed E-state index contributed by atoms with van der Waals surface area (Å²) in [6, 6.07) is 9.08. The van der Waals surface area contributed by atoms with Crippen molar-refractivity contribution in [1.29, 1.82) is 0 Å². The lowest BCUT2D eigenvalue weighted by Gasteiger charge is -2.19. The molecule has 2 N–H and O–H groups in total. The van der Waals surface area contributed by atoms with Crippen molar-refractivity contribution >= 4 is 28.5 Å². The summed E-state index contributed by atoms with van der Waals surface area (Å²) in [7, 11) is 0. The molecule has 6 nitrogen and oxygen atoms in total. The number of carbonyl (C=O) groups is 2. The fourth-order valence-corrected chi connectivity index (χ4v) is 2.83. The van der Waals surface area contributed by atoms with Crippen LogP contribution in [-0.2, 0) is 9.53 Å². The number of amides is 2. The molecule has 2 atom stereocenters. The number of rotatable bonds is 6. The highest BCUT2D eigenvalue weighted by atomic mass is 32.1. The second kappa shape index (κ2) is 8.44. The Morgan fingerprint density at radius 2 is 1.96 bits per heavy atom. The van der Waals surface area contributed by atoms with Gasteiger partial charge in [-0.05, 0) is 26.3 Å². The first kappa shape index (κ1) is 17.9. The number of nitrogens with zero attached hydrogens (tertiary/aromatic N) is 1. The van der Waals surface area contributed by atoms with E-state index in [2.05, 4.69) is 15.6 Å². The number of anilines is 1. The fraction of sp³-hybridized carbons (Fsp3) is 0.353. The highest BCUT2D eigenvalue weighted by molar-refractivity contribution is 7.19. The number of ether oxygens (including phenoxy) is 1. The Labute approximate surface area is 145 Å². The van der Waals surface area contributed by atoms with E-state index >= 15 is 0 Å². The van der Waals surface area contributed by atoms with Gasteiger partial charge in [-0.2, -0.15) is 0 Å². The van der Waals surface area contributed by atoms with Crippen LogP contribution in [-0.4, -0.2) is 29.6 Å². The largest absolute Gasteiger partial charge is 0.466 e. The van der Waals surface area contributed by atoms with E-state index in [9.17, 15) is 9.59 Å². The highest BCUT2D eigenvalue weighted by Crippen LogP contribution is 2.28. The molecular formula is C17H21N3O3S. The number of carbonyl (C=O) groups excluding carboxylic acids is 2. The van der Waals surface area contributed by atoms with Gasteiger partial charge in [0.05, 0.1) is 17.4 Å². The van der Waals surface area contributed by atoms with Gasteiger partial charge in [0.15, 0.2) is 5.13 Å². The van der Waals surface area contributed by atoms with Gasteiger partial charge in [-0.25, -0.2) is 9.78 Å². The van der Waals surface area contributed by atoms with Crippen LogP contribution < -0.4 is 10.6 Å². The number of hydrogen-bond donors (Lipinski definition) is 2. The summed E-state index contributed by atoms with van der Waals surface area (Å²) in [4.78, 5) is 28.9. The number of benzene rings is 1. The van der Waals surface area contributed by atoms with Gasteiger partial charge in [-0.3, -0.25) is 10.1 Å². The van der Waals surface area contributed by atoms with Crippen molar-refractivity contribution in [2.45, 2.75) is 26.8 Å². The molecule has 0 saturated carbocycles. The third-order valence-corrected chi connectivity index (χ3v) is 4.51. The standard InChI is InChI=1S/C17H21N3O3S/c1-4-23-15(21)11(2)12(3)19-16(22)20-17-18-10-14(24-17)13-8-6-5-7-9-13/h5-12H,4H2,1-3H3,(H2,18,19,20,22). The van der Waals surface area contributed by atoms with Crippen molar-refractivity contribution in [3.8, 4) is 10.4 Å². The smallest absolute Gasteiger partial charge is 0.321 e. The minimum Gasteiger partial charge on any atom is -0.466 e. The van der Waals surface area contributed by atoms with Crippen LogP contribution in [0.1, 0.15) is 20.8 Å². The van der Waals surface area contributed by atoms with Gasteiger partial charge in [0.2, 0.25) is 0 Å². The molecule has 128 valence electrons. The minimum atomic E-state index is -0.424. The van der Waals surface area contributed by atoms with Crippen molar-refractivity contribution in [3.05, 3.63) is 36.5 Å². The van der Waals surface area contributed by atoms with Crippen molar-refractivity contribution in [2.24, 2.45) is 5.92 Å². The molecule has 1 aromatic heterocycles. The maximum absolute atomic E-state index is 12.0. The Hall–Kier alpha value is -2.41. The zero-order valence-electron chi connectivity index (χ0n) is 13.9. The lowest BCUT2D eigenvalue weighted by atomic mass is 10.0. The molecular weight excluding hydrogens is 326 g/mol. The van der Waals surface area contributed by atoms with Gasteiger partial charge in [0, 0.05) is 12.2 Å². The molecule has 2 rings (SSSR count). The average Bonchev–Trinajstić information content (AvgIpc) is 3.03. The van der Waals surface area contributed by atoms with E-state index in [0.717, 1.165) is 10.4 Å². The number of esters is 1. The van der Waals surface area contributed by atoms with Crippen LogP contribution in [0.25, 0.3) is 10.4 Å². The molecule has 0 saturated heterocycles. The molecule has 2 unspecified atom stereocenters. The zero-order chi connectivity index (χ0) is 17.5. The molecule has 0 radical (unpaired) electrons. The second-order valence-electron chi connectivity index (χ2n) is 5.32. The van der Waals surface area contributed by atoms with Crippen LogP contribution in [0.4, 0.5) is 9.93 Å². The summed E-state index contributed by atoms with van der Waals surface area (Å²) in [6.45, 7) is 5.56.